The second-order valence-electron chi connectivity index (χ2n) is 8.73. The van der Waals surface area contributed by atoms with Crippen LogP contribution in [0.5, 0.6) is 5.75 Å². The van der Waals surface area contributed by atoms with E-state index in [1.54, 1.807) is 42.3 Å². The summed E-state index contributed by atoms with van der Waals surface area (Å²) in [5, 5.41) is 14.5. The summed E-state index contributed by atoms with van der Waals surface area (Å²) in [6.45, 7) is 0. The maximum absolute atomic E-state index is 13.8. The predicted octanol–water partition coefficient (Wildman–Crippen LogP) is 7.19. The number of fused-ring (bicyclic) bond motifs is 1. The summed E-state index contributed by atoms with van der Waals surface area (Å²) in [4.78, 5) is 17.2. The fraction of sp³-hybridized carbons (Fsp3) is 0.0667. The monoisotopic (exact) mass is 559 g/mol. The Bertz CT molecular complexity index is 1540. The summed E-state index contributed by atoms with van der Waals surface area (Å²) < 4.78 is 0. The first-order chi connectivity index (χ1) is 18.3. The maximum atomic E-state index is 13.8. The number of amides is 1. The number of aromatic hydroxyl groups is 1. The molecule has 1 unspecified atom stereocenters. The van der Waals surface area contributed by atoms with Crippen molar-refractivity contribution in [2.45, 2.75) is 6.04 Å². The molecule has 0 bridgehead atoms. The second-order valence-corrected chi connectivity index (χ2v) is 9.96. The van der Waals surface area contributed by atoms with Crippen LogP contribution in [0.25, 0.3) is 5.57 Å². The van der Waals surface area contributed by atoms with Gasteiger partial charge in [0.2, 0.25) is 0 Å². The van der Waals surface area contributed by atoms with Gasteiger partial charge in [0.15, 0.2) is 5.11 Å². The number of carbonyl (C=O) groups is 1. The molecule has 5 nitrogen and oxygen atoms in total. The quantitative estimate of drug-likeness (QED) is 0.259. The predicted molar refractivity (Wildman–Crippen MR) is 160 cm³/mol. The van der Waals surface area contributed by atoms with E-state index in [4.69, 9.17) is 35.4 Å². The van der Waals surface area contributed by atoms with Crippen LogP contribution in [0.3, 0.4) is 0 Å². The van der Waals surface area contributed by atoms with E-state index in [-0.39, 0.29) is 11.7 Å². The average molecular weight is 561 g/mol. The van der Waals surface area contributed by atoms with E-state index in [0.717, 1.165) is 28.1 Å². The van der Waals surface area contributed by atoms with Gasteiger partial charge in [-0.2, -0.15) is 0 Å². The zero-order valence-corrected chi connectivity index (χ0v) is 22.6. The van der Waals surface area contributed by atoms with Crippen molar-refractivity contribution in [3.05, 3.63) is 124 Å². The Hall–Kier alpha value is -3.84. The number of anilines is 3. The topological polar surface area (TPSA) is 55.8 Å². The fourth-order valence-corrected chi connectivity index (χ4v) is 5.20. The molecule has 4 aromatic carbocycles. The van der Waals surface area contributed by atoms with Gasteiger partial charge < -0.3 is 15.3 Å². The fourth-order valence-electron chi connectivity index (χ4n) is 4.45. The minimum Gasteiger partial charge on any atom is -0.508 e. The number of rotatable bonds is 4. The second kappa shape index (κ2) is 10.9. The van der Waals surface area contributed by atoms with Gasteiger partial charge in [-0.1, -0.05) is 59.6 Å². The first-order valence-electron chi connectivity index (χ1n) is 11.8. The lowest BCUT2D eigenvalue weighted by Crippen LogP contribution is -2.49. The van der Waals surface area contributed by atoms with Gasteiger partial charge in [-0.3, -0.25) is 9.69 Å². The average Bonchev–Trinajstić information content (AvgIpc) is 3.01. The van der Waals surface area contributed by atoms with Crippen LogP contribution in [0.1, 0.15) is 11.1 Å². The van der Waals surface area contributed by atoms with Crippen molar-refractivity contribution < 1.29 is 9.90 Å². The Morgan fingerprint density at radius 3 is 2.26 bits per heavy atom. The van der Waals surface area contributed by atoms with Gasteiger partial charge in [-0.05, 0) is 84.5 Å². The van der Waals surface area contributed by atoms with Gasteiger partial charge in [0.1, 0.15) is 11.8 Å². The zero-order chi connectivity index (χ0) is 26.8. The molecule has 0 fully saturated rings. The van der Waals surface area contributed by atoms with Gasteiger partial charge in [0.25, 0.3) is 5.91 Å². The van der Waals surface area contributed by atoms with Crippen molar-refractivity contribution in [3.8, 4) is 5.75 Å². The van der Waals surface area contributed by atoms with Crippen LogP contribution in [-0.4, -0.2) is 29.2 Å². The normalized spacial score (nSPS) is 14.8. The summed E-state index contributed by atoms with van der Waals surface area (Å²) in [5.74, 6) is -0.0540. The third-order valence-electron chi connectivity index (χ3n) is 6.31. The number of para-hydroxylation sites is 1. The minimum absolute atomic E-state index is 0.143. The molecule has 38 heavy (non-hydrogen) atoms. The number of thiocarbonyl (C=S) groups is 1. The first-order valence-corrected chi connectivity index (χ1v) is 13.0. The molecule has 4 aromatic rings. The summed E-state index contributed by atoms with van der Waals surface area (Å²) in [6.07, 6.45) is 1.84. The molecule has 0 spiro atoms. The lowest BCUT2D eigenvalue weighted by atomic mass is 9.95. The highest BCUT2D eigenvalue weighted by Gasteiger charge is 2.31. The van der Waals surface area contributed by atoms with E-state index in [2.05, 4.69) is 5.32 Å². The molecular weight excluding hydrogens is 537 g/mol. The van der Waals surface area contributed by atoms with Crippen molar-refractivity contribution in [2.75, 3.05) is 16.8 Å². The van der Waals surface area contributed by atoms with Crippen molar-refractivity contribution in [3.63, 3.8) is 0 Å². The van der Waals surface area contributed by atoms with Gasteiger partial charge in [-0.15, -0.1) is 0 Å². The molecule has 2 N–H and O–H groups in total. The lowest BCUT2D eigenvalue weighted by molar-refractivity contribution is -0.118. The highest BCUT2D eigenvalue weighted by Crippen LogP contribution is 2.39. The number of halogens is 2. The maximum Gasteiger partial charge on any atom is 0.253 e. The number of carbonyl (C=O) groups excluding carboxylic acids is 1. The summed E-state index contributed by atoms with van der Waals surface area (Å²) >= 11 is 18.9. The first kappa shape index (κ1) is 25.8. The number of hydrogen-bond acceptors (Lipinski definition) is 3. The Kier molecular flexibility index (Phi) is 7.38. The van der Waals surface area contributed by atoms with Crippen LogP contribution in [0.4, 0.5) is 17.1 Å². The number of benzene rings is 4. The zero-order valence-electron chi connectivity index (χ0n) is 20.3. The van der Waals surface area contributed by atoms with Crippen LogP contribution in [0.15, 0.2) is 103 Å². The molecule has 0 aromatic heterocycles. The van der Waals surface area contributed by atoms with Gasteiger partial charge >= 0.3 is 0 Å². The molecule has 1 amide bonds. The summed E-state index contributed by atoms with van der Waals surface area (Å²) in [7, 11) is 1.73. The van der Waals surface area contributed by atoms with E-state index in [9.17, 15) is 9.90 Å². The highest BCUT2D eigenvalue weighted by molar-refractivity contribution is 7.80. The lowest BCUT2D eigenvalue weighted by Gasteiger charge is -2.29. The molecule has 0 radical (unpaired) electrons. The number of phenolic OH excluding ortho intramolecular Hbond substituents is 1. The van der Waals surface area contributed by atoms with E-state index >= 15 is 0 Å². The third kappa shape index (κ3) is 5.11. The van der Waals surface area contributed by atoms with Crippen molar-refractivity contribution in [1.82, 2.24) is 5.32 Å². The highest BCUT2D eigenvalue weighted by atomic mass is 35.5. The molecule has 0 aliphatic carbocycles. The largest absolute Gasteiger partial charge is 0.508 e. The smallest absolute Gasteiger partial charge is 0.253 e. The van der Waals surface area contributed by atoms with Crippen molar-refractivity contribution in [2.24, 2.45) is 0 Å². The molecule has 5 rings (SSSR count). The molecule has 1 atom stereocenters. The summed E-state index contributed by atoms with van der Waals surface area (Å²) in [5.41, 5.74) is 4.56. The Morgan fingerprint density at radius 1 is 0.895 bits per heavy atom. The molecule has 190 valence electrons. The molecule has 1 heterocycles. The molecule has 1 aliphatic rings. The van der Waals surface area contributed by atoms with E-state index < -0.39 is 6.04 Å². The van der Waals surface area contributed by atoms with Crippen LogP contribution >= 0.6 is 35.4 Å². The number of nitrogens with one attached hydrogen (secondary N) is 1. The van der Waals surface area contributed by atoms with E-state index in [1.807, 2.05) is 77.7 Å². The molecule has 0 saturated carbocycles. The van der Waals surface area contributed by atoms with E-state index in [1.165, 1.54) is 0 Å². The number of phenols is 1. The summed E-state index contributed by atoms with van der Waals surface area (Å²) in [6, 6.07) is 28.4. The molecule has 8 heteroatoms. The molecular formula is C30H23Cl2N3O2S. The van der Waals surface area contributed by atoms with Crippen LogP contribution in [-0.2, 0) is 4.79 Å². The van der Waals surface area contributed by atoms with Gasteiger partial charge in [0.05, 0.1) is 5.69 Å². The number of likely N-dealkylation sites (N-methyl/N-ethyl adjacent to an activating group) is 1. The van der Waals surface area contributed by atoms with Crippen LogP contribution in [0.2, 0.25) is 10.0 Å². The molecule has 0 saturated heterocycles. The third-order valence-corrected chi connectivity index (χ3v) is 7.17. The van der Waals surface area contributed by atoms with Gasteiger partial charge in [-0.25, -0.2) is 0 Å². The van der Waals surface area contributed by atoms with E-state index in [0.29, 0.717) is 20.8 Å². The van der Waals surface area contributed by atoms with Crippen molar-refractivity contribution in [1.29, 1.82) is 0 Å². The Labute approximate surface area is 236 Å². The number of nitrogens with zero attached hydrogens (tertiary/aromatic N) is 2. The standard InChI is InChI=1S/C30H23Cl2N3O2S/c1-34-28-16-11-19(31)17-25(28)24(23-9-5-6-10-26(23)32)18-27(29(34)37)33-30(38)35(20-7-3-2-4-8-20)21-12-14-22(36)15-13-21/h2-18,27,36H,1H3,(H,33,38). The number of hydrogen-bond donors (Lipinski definition) is 2. The molecule has 1 aliphatic heterocycles. The Morgan fingerprint density at radius 2 is 1.55 bits per heavy atom. The van der Waals surface area contributed by atoms with Crippen molar-refractivity contribution >= 4 is 69.1 Å². The van der Waals surface area contributed by atoms with Crippen LogP contribution < -0.4 is 15.1 Å². The Balaban J connectivity index is 1.60. The minimum atomic E-state index is -0.812. The van der Waals surface area contributed by atoms with Crippen LogP contribution in [0, 0.1) is 0 Å². The van der Waals surface area contributed by atoms with Gasteiger partial charge in [0, 0.05) is 39.6 Å². The SMILES string of the molecule is CN1C(=O)C(NC(=S)N(c2ccccc2)c2ccc(O)cc2)C=C(c2ccccc2Cl)c2cc(Cl)ccc21.